The zero-order valence-corrected chi connectivity index (χ0v) is 19.2. The molecule has 0 fully saturated rings. The minimum Gasteiger partial charge on any atom is -0.488 e. The van der Waals surface area contributed by atoms with E-state index in [1.165, 1.54) is 0 Å². The Morgan fingerprint density at radius 2 is 1.90 bits per heavy atom. The highest BCUT2D eigenvalue weighted by atomic mass is 79.9. The number of hydrogen-bond donors (Lipinski definition) is 2. The molecule has 6 heteroatoms. The van der Waals surface area contributed by atoms with Gasteiger partial charge in [-0.15, -0.1) is 0 Å². The predicted octanol–water partition coefficient (Wildman–Crippen LogP) is 5.68. The highest BCUT2D eigenvalue weighted by Crippen LogP contribution is 2.19. The van der Waals surface area contributed by atoms with Gasteiger partial charge in [0.2, 0.25) is 0 Å². The van der Waals surface area contributed by atoms with Crippen molar-refractivity contribution in [3.8, 4) is 5.75 Å². The molecule has 0 radical (unpaired) electrons. The van der Waals surface area contributed by atoms with Crippen molar-refractivity contribution in [2.24, 2.45) is 5.10 Å². The molecule has 1 amide bonds. The minimum absolute atomic E-state index is 0.187. The second-order valence-electron chi connectivity index (χ2n) is 7.17. The van der Waals surface area contributed by atoms with E-state index in [2.05, 4.69) is 31.8 Å². The first kappa shape index (κ1) is 22.6. The molecular weight excluding hydrogens is 454 g/mol. The summed E-state index contributed by atoms with van der Waals surface area (Å²) in [6.07, 6.45) is 2.25. The molecule has 1 atom stereocenters. The summed E-state index contributed by atoms with van der Waals surface area (Å²) in [5, 5.41) is 7.41. The van der Waals surface area contributed by atoms with E-state index in [-0.39, 0.29) is 11.9 Å². The van der Waals surface area contributed by atoms with Crippen molar-refractivity contribution in [1.29, 1.82) is 0 Å². The molecule has 3 aromatic carbocycles. The van der Waals surface area contributed by atoms with Gasteiger partial charge in [-0.2, -0.15) is 5.10 Å². The van der Waals surface area contributed by atoms with Crippen LogP contribution in [0.25, 0.3) is 0 Å². The number of carbonyl (C=O) groups excluding carboxylic acids is 1. The van der Waals surface area contributed by atoms with Crippen LogP contribution in [0.2, 0.25) is 0 Å². The van der Waals surface area contributed by atoms with E-state index in [0.717, 1.165) is 26.9 Å². The molecule has 0 spiro atoms. The Morgan fingerprint density at radius 3 is 2.68 bits per heavy atom. The number of amides is 1. The number of carbonyl (C=O) groups is 1. The molecule has 31 heavy (non-hydrogen) atoms. The summed E-state index contributed by atoms with van der Waals surface area (Å²) in [6.45, 7) is 4.42. The van der Waals surface area contributed by atoms with Crippen LogP contribution in [-0.4, -0.2) is 18.2 Å². The van der Waals surface area contributed by atoms with Gasteiger partial charge in [0.15, 0.2) is 0 Å². The molecule has 0 unspecified atom stereocenters. The summed E-state index contributed by atoms with van der Waals surface area (Å²) in [6, 6.07) is 23.1. The van der Waals surface area contributed by atoms with Gasteiger partial charge in [0.05, 0.1) is 6.21 Å². The van der Waals surface area contributed by atoms with E-state index >= 15 is 0 Å². The van der Waals surface area contributed by atoms with Crippen molar-refractivity contribution >= 4 is 33.7 Å². The first-order valence-corrected chi connectivity index (χ1v) is 11.0. The van der Waals surface area contributed by atoms with Crippen LogP contribution in [-0.2, 0) is 11.4 Å². The number of aryl methyl sites for hydroxylation is 1. The standard InChI is InChI=1S/C25H26BrN3O2/c1-3-23(28-22-12-6-8-18(2)14-22)25(30)29-27-16-20-10-4-5-13-24(20)31-17-19-9-7-11-21(26)15-19/h4-16,23,28H,3,17H2,1-2H3,(H,29,30)/b27-16-/t23-/m0/s1. The lowest BCUT2D eigenvalue weighted by molar-refractivity contribution is -0.121. The van der Waals surface area contributed by atoms with Crippen molar-refractivity contribution in [3.05, 3.63) is 94.0 Å². The van der Waals surface area contributed by atoms with Crippen LogP contribution in [0, 0.1) is 6.92 Å². The first-order valence-electron chi connectivity index (χ1n) is 10.2. The van der Waals surface area contributed by atoms with Gasteiger partial charge in [-0.3, -0.25) is 4.79 Å². The van der Waals surface area contributed by atoms with Crippen molar-refractivity contribution in [1.82, 2.24) is 5.43 Å². The Bertz CT molecular complexity index is 1050. The average molecular weight is 480 g/mol. The Morgan fingerprint density at radius 1 is 1.10 bits per heavy atom. The molecule has 3 rings (SSSR count). The third kappa shape index (κ3) is 6.96. The molecule has 0 saturated carbocycles. The SMILES string of the molecule is CC[C@H](Nc1cccc(C)c1)C(=O)N/N=C\c1ccccc1OCc1cccc(Br)c1. The quantitative estimate of drug-likeness (QED) is 0.306. The van der Waals surface area contributed by atoms with Gasteiger partial charge in [0, 0.05) is 15.7 Å². The van der Waals surface area contributed by atoms with E-state index in [9.17, 15) is 4.79 Å². The van der Waals surface area contributed by atoms with Crippen molar-refractivity contribution < 1.29 is 9.53 Å². The molecule has 3 aromatic rings. The average Bonchev–Trinajstić information content (AvgIpc) is 2.77. The number of anilines is 1. The molecule has 0 saturated heterocycles. The summed E-state index contributed by atoms with van der Waals surface area (Å²) < 4.78 is 6.97. The third-order valence-electron chi connectivity index (χ3n) is 4.66. The van der Waals surface area contributed by atoms with Crippen LogP contribution in [0.15, 0.2) is 82.4 Å². The van der Waals surface area contributed by atoms with Gasteiger partial charge >= 0.3 is 0 Å². The summed E-state index contributed by atoms with van der Waals surface area (Å²) in [4.78, 5) is 12.6. The first-order chi connectivity index (χ1) is 15.0. The number of hydrogen-bond acceptors (Lipinski definition) is 4. The monoisotopic (exact) mass is 479 g/mol. The fourth-order valence-corrected chi connectivity index (χ4v) is 3.49. The van der Waals surface area contributed by atoms with Crippen LogP contribution in [0.5, 0.6) is 5.75 Å². The van der Waals surface area contributed by atoms with E-state index < -0.39 is 0 Å². The van der Waals surface area contributed by atoms with Crippen LogP contribution >= 0.6 is 15.9 Å². The largest absolute Gasteiger partial charge is 0.488 e. The molecule has 2 N–H and O–H groups in total. The second-order valence-corrected chi connectivity index (χ2v) is 8.08. The normalized spacial score (nSPS) is 11.8. The van der Waals surface area contributed by atoms with Crippen LogP contribution < -0.4 is 15.5 Å². The Kier molecular flexibility index (Phi) is 8.24. The highest BCUT2D eigenvalue weighted by Gasteiger charge is 2.15. The molecule has 0 aliphatic heterocycles. The number of nitrogens with one attached hydrogen (secondary N) is 2. The van der Waals surface area contributed by atoms with E-state index in [0.29, 0.717) is 18.8 Å². The second kappa shape index (κ2) is 11.3. The maximum Gasteiger partial charge on any atom is 0.262 e. The van der Waals surface area contributed by atoms with Crippen LogP contribution in [0.3, 0.4) is 0 Å². The van der Waals surface area contributed by atoms with Gasteiger partial charge < -0.3 is 10.1 Å². The van der Waals surface area contributed by atoms with Gasteiger partial charge in [0.1, 0.15) is 18.4 Å². The predicted molar refractivity (Wildman–Crippen MR) is 130 cm³/mol. The molecule has 160 valence electrons. The highest BCUT2D eigenvalue weighted by molar-refractivity contribution is 9.10. The minimum atomic E-state index is -0.373. The lowest BCUT2D eigenvalue weighted by Crippen LogP contribution is -2.36. The third-order valence-corrected chi connectivity index (χ3v) is 5.16. The van der Waals surface area contributed by atoms with Crippen LogP contribution in [0.1, 0.15) is 30.0 Å². The molecule has 0 aliphatic rings. The Labute approximate surface area is 191 Å². The zero-order chi connectivity index (χ0) is 22.1. The van der Waals surface area contributed by atoms with Gasteiger partial charge in [-0.05, 0) is 60.9 Å². The maximum absolute atomic E-state index is 12.6. The molecular formula is C25H26BrN3O2. The smallest absolute Gasteiger partial charge is 0.262 e. The molecule has 0 heterocycles. The number of rotatable bonds is 9. The summed E-state index contributed by atoms with van der Waals surface area (Å²) in [5.41, 5.74) is 6.53. The molecule has 0 bridgehead atoms. The fraction of sp³-hybridized carbons (Fsp3) is 0.200. The molecule has 0 aliphatic carbocycles. The summed E-state index contributed by atoms with van der Waals surface area (Å²) in [5.74, 6) is 0.512. The van der Waals surface area contributed by atoms with E-state index in [1.807, 2.05) is 86.6 Å². The van der Waals surface area contributed by atoms with E-state index in [4.69, 9.17) is 4.74 Å². The lowest BCUT2D eigenvalue weighted by Gasteiger charge is -2.16. The number of nitrogens with zero attached hydrogens (tertiary/aromatic N) is 1. The Balaban J connectivity index is 1.60. The van der Waals surface area contributed by atoms with Crippen molar-refractivity contribution in [2.75, 3.05) is 5.32 Å². The number of para-hydroxylation sites is 1. The van der Waals surface area contributed by atoms with E-state index in [1.54, 1.807) is 6.21 Å². The lowest BCUT2D eigenvalue weighted by atomic mass is 10.1. The van der Waals surface area contributed by atoms with Crippen molar-refractivity contribution in [2.45, 2.75) is 32.9 Å². The number of benzene rings is 3. The Hall–Kier alpha value is -3.12. The summed E-state index contributed by atoms with van der Waals surface area (Å²) >= 11 is 3.47. The molecule has 0 aromatic heterocycles. The molecule has 5 nitrogen and oxygen atoms in total. The van der Waals surface area contributed by atoms with Gasteiger partial charge in [0.25, 0.3) is 5.91 Å². The summed E-state index contributed by atoms with van der Waals surface area (Å²) in [7, 11) is 0. The van der Waals surface area contributed by atoms with Crippen molar-refractivity contribution in [3.63, 3.8) is 0 Å². The number of hydrazone groups is 1. The fourth-order valence-electron chi connectivity index (χ4n) is 3.04. The van der Waals surface area contributed by atoms with Crippen LogP contribution in [0.4, 0.5) is 5.69 Å². The zero-order valence-electron chi connectivity index (χ0n) is 17.6. The topological polar surface area (TPSA) is 62.7 Å². The van der Waals surface area contributed by atoms with Gasteiger partial charge in [-0.25, -0.2) is 5.43 Å². The number of ether oxygens (including phenoxy) is 1. The maximum atomic E-state index is 12.6. The number of halogens is 1. The van der Waals surface area contributed by atoms with Gasteiger partial charge in [-0.1, -0.05) is 59.3 Å².